The largest absolute Gasteiger partial charge is 0.416 e. The molecular weight excluding hydrogens is 289 g/mol. The fraction of sp³-hybridized carbons (Fsp3) is 0.231. The molecule has 20 heavy (non-hydrogen) atoms. The van der Waals surface area contributed by atoms with Crippen LogP contribution in [0.15, 0.2) is 30.5 Å². The van der Waals surface area contributed by atoms with E-state index in [1.54, 1.807) is 14.1 Å². The molecule has 1 heterocycles. The molecule has 0 atom stereocenters. The summed E-state index contributed by atoms with van der Waals surface area (Å²) in [4.78, 5) is 17.7. The molecule has 3 nitrogen and oxygen atoms in total. The molecule has 0 radical (unpaired) electrons. The van der Waals surface area contributed by atoms with E-state index in [2.05, 4.69) is 4.98 Å². The fourth-order valence-corrected chi connectivity index (χ4v) is 2.47. The van der Waals surface area contributed by atoms with E-state index in [0.29, 0.717) is 15.4 Å². The zero-order valence-electron chi connectivity index (χ0n) is 10.7. The Labute approximate surface area is 117 Å². The van der Waals surface area contributed by atoms with Crippen LogP contribution in [0.4, 0.5) is 13.2 Å². The Morgan fingerprint density at radius 3 is 2.30 bits per heavy atom. The van der Waals surface area contributed by atoms with Crippen molar-refractivity contribution < 1.29 is 18.0 Å². The van der Waals surface area contributed by atoms with Crippen LogP contribution in [0.2, 0.25) is 0 Å². The second-order valence-electron chi connectivity index (χ2n) is 4.30. The summed E-state index contributed by atoms with van der Waals surface area (Å²) in [5.41, 5.74) is -0.150. The summed E-state index contributed by atoms with van der Waals surface area (Å²) in [6.45, 7) is 0. The Balaban J connectivity index is 2.27. The van der Waals surface area contributed by atoms with Crippen molar-refractivity contribution in [2.45, 2.75) is 6.18 Å². The lowest BCUT2D eigenvalue weighted by atomic mass is 10.1. The van der Waals surface area contributed by atoms with E-state index < -0.39 is 11.7 Å². The van der Waals surface area contributed by atoms with Crippen LogP contribution in [-0.2, 0) is 6.18 Å². The van der Waals surface area contributed by atoms with Crippen molar-refractivity contribution in [3.63, 3.8) is 0 Å². The van der Waals surface area contributed by atoms with Gasteiger partial charge in [-0.1, -0.05) is 12.1 Å². The van der Waals surface area contributed by atoms with Crippen LogP contribution in [0.3, 0.4) is 0 Å². The Bertz CT molecular complexity index is 617. The molecule has 0 N–H and O–H groups in total. The molecule has 0 aliphatic heterocycles. The monoisotopic (exact) mass is 300 g/mol. The zero-order chi connectivity index (χ0) is 14.9. The van der Waals surface area contributed by atoms with E-state index in [9.17, 15) is 18.0 Å². The number of thiazole rings is 1. The van der Waals surface area contributed by atoms with Crippen molar-refractivity contribution in [2.24, 2.45) is 0 Å². The number of aromatic nitrogens is 1. The minimum absolute atomic E-state index is 0.180. The van der Waals surface area contributed by atoms with Crippen LogP contribution in [0, 0.1) is 0 Å². The molecule has 0 fully saturated rings. The first kappa shape index (κ1) is 14.5. The number of hydrogen-bond acceptors (Lipinski definition) is 3. The van der Waals surface area contributed by atoms with Crippen molar-refractivity contribution in [1.82, 2.24) is 9.88 Å². The van der Waals surface area contributed by atoms with E-state index in [4.69, 9.17) is 0 Å². The highest BCUT2D eigenvalue weighted by Gasteiger charge is 2.30. The summed E-state index contributed by atoms with van der Waals surface area (Å²) < 4.78 is 37.4. The molecule has 0 unspecified atom stereocenters. The van der Waals surface area contributed by atoms with Crippen molar-refractivity contribution in [1.29, 1.82) is 0 Å². The summed E-state index contributed by atoms with van der Waals surface area (Å²) >= 11 is 1.15. The molecule has 2 rings (SSSR count). The summed E-state index contributed by atoms with van der Waals surface area (Å²) in [6, 6.07) is 4.71. The fourth-order valence-electron chi connectivity index (χ4n) is 1.53. The number of alkyl halides is 3. The first-order valence-electron chi connectivity index (χ1n) is 5.64. The lowest BCUT2D eigenvalue weighted by molar-refractivity contribution is -0.137. The second kappa shape index (κ2) is 5.24. The van der Waals surface area contributed by atoms with Gasteiger partial charge < -0.3 is 4.90 Å². The topological polar surface area (TPSA) is 33.2 Å². The number of carbonyl (C=O) groups excluding carboxylic acids is 1. The highest BCUT2D eigenvalue weighted by atomic mass is 32.1. The van der Waals surface area contributed by atoms with Gasteiger partial charge in [0.05, 0.1) is 11.8 Å². The molecule has 1 amide bonds. The predicted octanol–water partition coefficient (Wildman–Crippen LogP) is 3.53. The normalized spacial score (nSPS) is 11.4. The Morgan fingerprint density at radius 2 is 1.80 bits per heavy atom. The molecule has 0 saturated carbocycles. The number of benzene rings is 1. The van der Waals surface area contributed by atoms with Crippen LogP contribution < -0.4 is 0 Å². The summed E-state index contributed by atoms with van der Waals surface area (Å²) in [6.07, 6.45) is -2.92. The smallest absolute Gasteiger partial charge is 0.344 e. The SMILES string of the molecule is CN(C)C(=O)c1cnc(-c2ccc(C(F)(F)F)cc2)s1. The van der Waals surface area contributed by atoms with E-state index >= 15 is 0 Å². The average molecular weight is 300 g/mol. The van der Waals surface area contributed by atoms with Gasteiger partial charge in [0.25, 0.3) is 5.91 Å². The molecule has 0 aliphatic carbocycles. The van der Waals surface area contributed by atoms with Crippen LogP contribution in [0.5, 0.6) is 0 Å². The second-order valence-corrected chi connectivity index (χ2v) is 5.34. The Kier molecular flexibility index (Phi) is 3.80. The van der Waals surface area contributed by atoms with Gasteiger partial charge in [-0.3, -0.25) is 4.79 Å². The molecule has 0 bridgehead atoms. The van der Waals surface area contributed by atoms with Gasteiger partial charge in [0, 0.05) is 19.7 Å². The highest BCUT2D eigenvalue weighted by molar-refractivity contribution is 7.16. The maximum atomic E-state index is 12.5. The number of amides is 1. The van der Waals surface area contributed by atoms with Crippen LogP contribution in [0.1, 0.15) is 15.2 Å². The third-order valence-electron chi connectivity index (χ3n) is 2.58. The highest BCUT2D eigenvalue weighted by Crippen LogP contribution is 2.32. The maximum absolute atomic E-state index is 12.5. The Morgan fingerprint density at radius 1 is 1.20 bits per heavy atom. The maximum Gasteiger partial charge on any atom is 0.416 e. The zero-order valence-corrected chi connectivity index (χ0v) is 11.5. The van der Waals surface area contributed by atoms with Crippen molar-refractivity contribution in [2.75, 3.05) is 14.1 Å². The molecule has 1 aromatic heterocycles. The molecule has 106 valence electrons. The van der Waals surface area contributed by atoms with Crippen LogP contribution >= 0.6 is 11.3 Å². The van der Waals surface area contributed by atoms with E-state index in [1.807, 2.05) is 0 Å². The molecule has 0 aliphatic rings. The van der Waals surface area contributed by atoms with Crippen molar-refractivity contribution in [3.8, 4) is 10.6 Å². The molecular formula is C13H11F3N2OS. The van der Waals surface area contributed by atoms with Gasteiger partial charge in [-0.05, 0) is 12.1 Å². The number of carbonyl (C=O) groups is 1. The number of hydrogen-bond donors (Lipinski definition) is 0. The first-order chi connectivity index (χ1) is 9.29. The summed E-state index contributed by atoms with van der Waals surface area (Å²) in [5.74, 6) is -0.180. The summed E-state index contributed by atoms with van der Waals surface area (Å²) in [7, 11) is 3.25. The quantitative estimate of drug-likeness (QED) is 0.850. The lowest BCUT2D eigenvalue weighted by Gasteiger charge is -2.07. The minimum atomic E-state index is -4.35. The van der Waals surface area contributed by atoms with E-state index in [1.165, 1.54) is 23.2 Å². The minimum Gasteiger partial charge on any atom is -0.344 e. The van der Waals surface area contributed by atoms with Gasteiger partial charge >= 0.3 is 6.18 Å². The number of rotatable bonds is 2. The van der Waals surface area contributed by atoms with E-state index in [0.717, 1.165) is 23.5 Å². The third kappa shape index (κ3) is 2.98. The van der Waals surface area contributed by atoms with Gasteiger partial charge in [-0.2, -0.15) is 13.2 Å². The lowest BCUT2D eigenvalue weighted by Crippen LogP contribution is -2.20. The van der Waals surface area contributed by atoms with Gasteiger partial charge in [0.15, 0.2) is 0 Å². The van der Waals surface area contributed by atoms with Gasteiger partial charge in [0.2, 0.25) is 0 Å². The molecule has 7 heteroatoms. The van der Waals surface area contributed by atoms with Gasteiger partial charge in [-0.15, -0.1) is 11.3 Å². The Hall–Kier alpha value is -1.89. The predicted molar refractivity (Wildman–Crippen MR) is 70.6 cm³/mol. The van der Waals surface area contributed by atoms with E-state index in [-0.39, 0.29) is 5.91 Å². The van der Waals surface area contributed by atoms with Crippen LogP contribution in [0.25, 0.3) is 10.6 Å². The molecule has 2 aromatic rings. The van der Waals surface area contributed by atoms with Gasteiger partial charge in [-0.25, -0.2) is 4.98 Å². The third-order valence-corrected chi connectivity index (χ3v) is 3.62. The standard InChI is InChI=1S/C13H11F3N2OS/c1-18(2)12(19)10-7-17-11(20-10)8-3-5-9(6-4-8)13(14,15)16/h3-7H,1-2H3. The van der Waals surface area contributed by atoms with Crippen molar-refractivity contribution in [3.05, 3.63) is 40.9 Å². The van der Waals surface area contributed by atoms with Crippen LogP contribution in [-0.4, -0.2) is 29.9 Å². The molecule has 0 spiro atoms. The first-order valence-corrected chi connectivity index (χ1v) is 6.46. The van der Waals surface area contributed by atoms with Gasteiger partial charge in [0.1, 0.15) is 9.88 Å². The summed E-state index contributed by atoms with van der Waals surface area (Å²) in [5, 5.41) is 0.518. The molecule has 0 saturated heterocycles. The number of nitrogens with zero attached hydrogens (tertiary/aromatic N) is 2. The molecule has 1 aromatic carbocycles. The number of halogens is 3. The average Bonchev–Trinajstić information content (AvgIpc) is 2.86. The van der Waals surface area contributed by atoms with Crippen molar-refractivity contribution >= 4 is 17.2 Å².